The van der Waals surface area contributed by atoms with Gasteiger partial charge in [-0.1, -0.05) is 0 Å². The molecule has 12 heteroatoms. The van der Waals surface area contributed by atoms with Crippen molar-refractivity contribution in [2.75, 3.05) is 26.5 Å². The Hall–Kier alpha value is -0.510. The van der Waals surface area contributed by atoms with E-state index < -0.39 is 87.9 Å². The fourth-order valence-electron chi connectivity index (χ4n) is 2.85. The van der Waals surface area contributed by atoms with Crippen molar-refractivity contribution in [3.8, 4) is 0 Å². The Morgan fingerprint density at radius 2 is 1.31 bits per heavy atom. The maximum atomic E-state index is 12.2. The molecular weight excluding hydrogens is 363 g/mol. The van der Waals surface area contributed by atoms with Crippen LogP contribution in [0.1, 0.15) is 0 Å². The zero-order valence-corrected chi connectivity index (χ0v) is 13.7. The maximum Gasteiger partial charge on any atom is 0.187 e. The summed E-state index contributed by atoms with van der Waals surface area (Å²) in [5, 5.41) is 68.3. The molecule has 0 aliphatic carbocycles. The normalized spacial score (nSPS) is 47.1. The average Bonchev–Trinajstić information content (AvgIpc) is 2.64. The molecule has 11 nitrogen and oxygen atoms in total. The lowest BCUT2D eigenvalue weighted by Crippen LogP contribution is -2.64. The summed E-state index contributed by atoms with van der Waals surface area (Å²) in [5.41, 5.74) is 0. The van der Waals surface area contributed by atoms with E-state index in [2.05, 4.69) is 0 Å². The molecule has 0 saturated carbocycles. The van der Waals surface area contributed by atoms with Gasteiger partial charge in [0.1, 0.15) is 55.5 Å². The lowest BCUT2D eigenvalue weighted by Gasteiger charge is -2.45. The van der Waals surface area contributed by atoms with E-state index in [1.165, 1.54) is 0 Å². The largest absolute Gasteiger partial charge is 0.394 e. The summed E-state index contributed by atoms with van der Waals surface area (Å²) in [6, 6.07) is 0. The van der Waals surface area contributed by atoms with Gasteiger partial charge in [-0.25, -0.2) is 4.39 Å². The molecule has 0 spiro atoms. The van der Waals surface area contributed by atoms with Gasteiger partial charge in [-0.05, 0) is 0 Å². The van der Waals surface area contributed by atoms with Crippen LogP contribution in [0.2, 0.25) is 0 Å². The van der Waals surface area contributed by atoms with E-state index in [-0.39, 0.29) is 0 Å². The lowest BCUT2D eigenvalue weighted by molar-refractivity contribution is -0.359. The van der Waals surface area contributed by atoms with Crippen LogP contribution < -0.4 is 0 Å². The molecule has 0 radical (unpaired) electrons. The average molecular weight is 388 g/mol. The number of hydrogen-bond acceptors (Lipinski definition) is 11. The summed E-state index contributed by atoms with van der Waals surface area (Å²) in [4.78, 5) is 0. The summed E-state index contributed by atoms with van der Waals surface area (Å²) in [6.45, 7) is -2.61. The molecule has 0 aromatic rings. The van der Waals surface area contributed by atoms with Gasteiger partial charge in [-0.15, -0.1) is 0 Å². The fourth-order valence-corrected chi connectivity index (χ4v) is 2.85. The molecule has 7 N–H and O–H groups in total. The van der Waals surface area contributed by atoms with Crippen molar-refractivity contribution in [1.29, 1.82) is 0 Å². The second-order valence-electron chi connectivity index (χ2n) is 6.06. The molecule has 2 saturated heterocycles. The standard InChI is InChI=1S/C14H25FO11/c15-1-2-23-13-11(22)9(20)12(6(4-17)25-13)26-14-10(21)8(19)7(18)5(3-16)24-14/h5-14,16-22H,1-4H2. The summed E-state index contributed by atoms with van der Waals surface area (Å²) in [6.07, 6.45) is -15.3. The smallest absolute Gasteiger partial charge is 0.187 e. The third-order valence-electron chi connectivity index (χ3n) is 4.32. The molecule has 10 atom stereocenters. The number of rotatable bonds is 7. The number of halogens is 1. The second kappa shape index (κ2) is 9.61. The van der Waals surface area contributed by atoms with E-state index in [0.29, 0.717) is 0 Å². The quantitative estimate of drug-likeness (QED) is 0.224. The van der Waals surface area contributed by atoms with Crippen molar-refractivity contribution in [3.05, 3.63) is 0 Å². The summed E-state index contributed by atoms with van der Waals surface area (Å²) >= 11 is 0. The van der Waals surface area contributed by atoms with Crippen molar-refractivity contribution < 1.29 is 59.1 Å². The molecule has 154 valence electrons. The zero-order chi connectivity index (χ0) is 19.4. The van der Waals surface area contributed by atoms with Gasteiger partial charge in [0.25, 0.3) is 0 Å². The third-order valence-corrected chi connectivity index (χ3v) is 4.32. The highest BCUT2D eigenvalue weighted by Crippen LogP contribution is 2.29. The van der Waals surface area contributed by atoms with Crippen LogP contribution in [0.15, 0.2) is 0 Å². The maximum absolute atomic E-state index is 12.2. The monoisotopic (exact) mass is 388 g/mol. The molecule has 2 fully saturated rings. The van der Waals surface area contributed by atoms with Gasteiger partial charge in [0.05, 0.1) is 19.8 Å². The van der Waals surface area contributed by atoms with Gasteiger partial charge in [0.2, 0.25) is 0 Å². The Labute approximate surface area is 148 Å². The first-order valence-corrected chi connectivity index (χ1v) is 8.11. The first-order valence-electron chi connectivity index (χ1n) is 8.11. The number of hydrogen-bond donors (Lipinski definition) is 7. The molecule has 0 bridgehead atoms. The summed E-state index contributed by atoms with van der Waals surface area (Å²) in [7, 11) is 0. The van der Waals surface area contributed by atoms with Crippen LogP contribution >= 0.6 is 0 Å². The van der Waals surface area contributed by atoms with E-state index in [0.717, 1.165) is 0 Å². The van der Waals surface area contributed by atoms with Crippen LogP contribution in [0.4, 0.5) is 4.39 Å². The van der Waals surface area contributed by atoms with E-state index >= 15 is 0 Å². The van der Waals surface area contributed by atoms with Crippen LogP contribution in [0.3, 0.4) is 0 Å². The van der Waals surface area contributed by atoms with Crippen LogP contribution in [0, 0.1) is 0 Å². The van der Waals surface area contributed by atoms with Gasteiger partial charge in [-0.2, -0.15) is 0 Å². The Morgan fingerprint density at radius 1 is 0.731 bits per heavy atom. The molecule has 2 aliphatic rings. The van der Waals surface area contributed by atoms with Crippen molar-refractivity contribution in [3.63, 3.8) is 0 Å². The van der Waals surface area contributed by atoms with Crippen molar-refractivity contribution in [2.45, 2.75) is 61.4 Å². The van der Waals surface area contributed by atoms with E-state index in [1.807, 2.05) is 0 Å². The highest BCUT2D eigenvalue weighted by Gasteiger charge is 2.50. The van der Waals surface area contributed by atoms with Crippen LogP contribution in [0.5, 0.6) is 0 Å². The molecular formula is C14H25FO11. The van der Waals surface area contributed by atoms with Crippen LogP contribution in [-0.2, 0) is 18.9 Å². The Kier molecular flexibility index (Phi) is 8.06. The number of ether oxygens (including phenoxy) is 4. The topological polar surface area (TPSA) is 179 Å². The summed E-state index contributed by atoms with van der Waals surface area (Å²) in [5.74, 6) is 0. The van der Waals surface area contributed by atoms with Gasteiger partial charge in [0.15, 0.2) is 12.6 Å². The molecule has 2 rings (SSSR count). The number of aliphatic hydroxyl groups excluding tert-OH is 7. The molecule has 0 amide bonds. The molecule has 2 aliphatic heterocycles. The Bertz CT molecular complexity index is 426. The van der Waals surface area contributed by atoms with E-state index in [4.69, 9.17) is 24.1 Å². The molecule has 2 heterocycles. The van der Waals surface area contributed by atoms with Crippen LogP contribution in [0.25, 0.3) is 0 Å². The van der Waals surface area contributed by atoms with Crippen molar-refractivity contribution >= 4 is 0 Å². The van der Waals surface area contributed by atoms with Crippen LogP contribution in [-0.4, -0.2) is 124 Å². The second-order valence-corrected chi connectivity index (χ2v) is 6.06. The Balaban J connectivity index is 2.09. The zero-order valence-electron chi connectivity index (χ0n) is 13.7. The highest BCUT2D eigenvalue weighted by molar-refractivity contribution is 4.94. The minimum absolute atomic E-state index is 0.398. The minimum Gasteiger partial charge on any atom is -0.394 e. The predicted octanol–water partition coefficient (Wildman–Crippen LogP) is -4.40. The minimum atomic E-state index is -1.74. The lowest BCUT2D eigenvalue weighted by atomic mass is 9.97. The molecule has 10 unspecified atom stereocenters. The first-order chi connectivity index (χ1) is 12.3. The Morgan fingerprint density at radius 3 is 1.88 bits per heavy atom. The first kappa shape index (κ1) is 21.8. The van der Waals surface area contributed by atoms with Crippen molar-refractivity contribution in [1.82, 2.24) is 0 Å². The molecule has 26 heavy (non-hydrogen) atoms. The van der Waals surface area contributed by atoms with E-state index in [9.17, 15) is 35.0 Å². The van der Waals surface area contributed by atoms with Gasteiger partial charge in [-0.3, -0.25) is 0 Å². The molecule has 0 aromatic heterocycles. The number of aliphatic hydroxyl groups is 7. The van der Waals surface area contributed by atoms with Crippen molar-refractivity contribution in [2.24, 2.45) is 0 Å². The van der Waals surface area contributed by atoms with Gasteiger partial charge in [0, 0.05) is 0 Å². The summed E-state index contributed by atoms with van der Waals surface area (Å²) < 4.78 is 32.9. The van der Waals surface area contributed by atoms with Gasteiger partial charge < -0.3 is 54.7 Å². The third kappa shape index (κ3) is 4.48. The highest BCUT2D eigenvalue weighted by atomic mass is 19.1. The number of alkyl halides is 1. The van der Waals surface area contributed by atoms with E-state index in [1.54, 1.807) is 0 Å². The molecule has 0 aromatic carbocycles. The SMILES string of the molecule is OCC1OC(OC2C(CO)OC(OCCF)C(O)C2O)C(O)C(O)C1O. The predicted molar refractivity (Wildman–Crippen MR) is 78.3 cm³/mol. The fraction of sp³-hybridized carbons (Fsp3) is 1.00. The van der Waals surface area contributed by atoms with Gasteiger partial charge >= 0.3 is 0 Å².